The average molecular weight is 568 g/mol. The summed E-state index contributed by atoms with van der Waals surface area (Å²) in [5.74, 6) is 1.80. The van der Waals surface area contributed by atoms with E-state index in [1.165, 1.54) is 25.4 Å². The number of sulfonamides is 1. The highest BCUT2D eigenvalue weighted by Gasteiger charge is 2.59. The number of benzene rings is 2. The number of nitrogens with zero attached hydrogens (tertiary/aromatic N) is 2. The third-order valence-electron chi connectivity index (χ3n) is 8.15. The lowest BCUT2D eigenvalue weighted by Crippen LogP contribution is -2.50. The number of fused-ring (bicyclic) bond motifs is 2. The molecule has 1 aromatic heterocycles. The first-order chi connectivity index (χ1) is 18.8. The van der Waals surface area contributed by atoms with Crippen LogP contribution in [0.3, 0.4) is 0 Å². The summed E-state index contributed by atoms with van der Waals surface area (Å²) in [5, 5.41) is 2.77. The van der Waals surface area contributed by atoms with Gasteiger partial charge in [0.2, 0.25) is 0 Å². The number of ether oxygens (including phenoxy) is 1. The van der Waals surface area contributed by atoms with Gasteiger partial charge in [0.25, 0.3) is 15.9 Å². The highest BCUT2D eigenvalue weighted by Crippen LogP contribution is 2.59. The topological polar surface area (TPSA) is 88.6 Å². The molecular formula is C29H30FN3O4S2. The molecule has 0 bridgehead atoms. The van der Waals surface area contributed by atoms with Crippen LogP contribution < -0.4 is 14.4 Å². The molecule has 3 aromatic rings. The molecule has 2 fully saturated rings. The summed E-state index contributed by atoms with van der Waals surface area (Å²) in [6.45, 7) is -0.0363. The molecule has 2 aromatic carbocycles. The zero-order chi connectivity index (χ0) is 27.2. The largest absolute Gasteiger partial charge is 0.497 e. The van der Waals surface area contributed by atoms with Gasteiger partial charge in [0.15, 0.2) is 0 Å². The third kappa shape index (κ3) is 4.57. The van der Waals surface area contributed by atoms with Gasteiger partial charge < -0.3 is 10.1 Å². The summed E-state index contributed by atoms with van der Waals surface area (Å²) >= 11 is 1.89. The van der Waals surface area contributed by atoms with Crippen LogP contribution in [0.4, 0.5) is 10.1 Å². The summed E-state index contributed by atoms with van der Waals surface area (Å²) in [6, 6.07) is 14.5. The van der Waals surface area contributed by atoms with E-state index in [1.54, 1.807) is 40.7 Å². The van der Waals surface area contributed by atoms with Crippen molar-refractivity contribution in [1.82, 2.24) is 10.3 Å². The highest BCUT2D eigenvalue weighted by atomic mass is 32.2. The number of rotatable bonds is 7. The van der Waals surface area contributed by atoms with E-state index in [-0.39, 0.29) is 40.4 Å². The van der Waals surface area contributed by atoms with Crippen molar-refractivity contribution >= 4 is 33.4 Å². The van der Waals surface area contributed by atoms with Crippen LogP contribution in [0, 0.1) is 11.7 Å². The van der Waals surface area contributed by atoms with Crippen LogP contribution in [0.25, 0.3) is 0 Å². The van der Waals surface area contributed by atoms with Crippen LogP contribution in [0.1, 0.15) is 47.3 Å². The molecule has 1 saturated heterocycles. The van der Waals surface area contributed by atoms with Crippen LogP contribution in [0.5, 0.6) is 5.75 Å². The zero-order valence-electron chi connectivity index (χ0n) is 21.6. The maximum absolute atomic E-state index is 14.3. The van der Waals surface area contributed by atoms with Crippen molar-refractivity contribution in [2.24, 2.45) is 5.92 Å². The Morgan fingerprint density at radius 1 is 1.15 bits per heavy atom. The number of halogens is 1. The van der Waals surface area contributed by atoms with Crippen molar-refractivity contribution in [3.05, 3.63) is 83.4 Å². The Hall–Kier alpha value is -3.11. The third-order valence-corrected chi connectivity index (χ3v) is 10.9. The molecule has 1 amide bonds. The lowest BCUT2D eigenvalue weighted by molar-refractivity contribution is 0.0950. The molecule has 204 valence electrons. The van der Waals surface area contributed by atoms with Crippen molar-refractivity contribution in [2.45, 2.75) is 48.6 Å². The fourth-order valence-electron chi connectivity index (χ4n) is 6.13. The number of methoxy groups -OCH3 is 1. The van der Waals surface area contributed by atoms with Crippen LogP contribution >= 0.6 is 11.8 Å². The molecule has 3 heterocycles. The molecule has 1 N–H and O–H groups in total. The molecule has 6 rings (SSSR count). The standard InChI is InChI=1S/C29H30FN3O4S2/c1-37-21-4-2-5-22(17-21)39(35,36)33-26-10-9-20(28(34)32-18-25-24(30)6-3-13-31-25)16-23(26)29(11-14-38-15-12-29)27(33)19-7-8-19/h2-6,9-10,13,16-17,19,27H,7-8,11-12,14-15,18H2,1H3,(H,32,34). The Balaban J connectivity index is 1.41. The van der Waals surface area contributed by atoms with Gasteiger partial charge in [0.1, 0.15) is 11.6 Å². The monoisotopic (exact) mass is 567 g/mol. The molecule has 1 saturated carbocycles. The van der Waals surface area contributed by atoms with Crippen molar-refractivity contribution in [2.75, 3.05) is 22.9 Å². The second kappa shape index (κ2) is 10.1. The number of pyridine rings is 1. The summed E-state index contributed by atoms with van der Waals surface area (Å²) in [4.78, 5) is 17.4. The van der Waals surface area contributed by atoms with E-state index >= 15 is 0 Å². The molecule has 0 radical (unpaired) electrons. The second-order valence-corrected chi connectivity index (χ2v) is 13.4. The minimum Gasteiger partial charge on any atom is -0.497 e. The fraction of sp³-hybridized carbons (Fsp3) is 0.379. The van der Waals surface area contributed by atoms with Crippen LogP contribution in [-0.4, -0.2) is 44.0 Å². The molecule has 39 heavy (non-hydrogen) atoms. The van der Waals surface area contributed by atoms with E-state index in [4.69, 9.17) is 4.74 Å². The number of amides is 1. The molecular weight excluding hydrogens is 537 g/mol. The van der Waals surface area contributed by atoms with E-state index in [2.05, 4.69) is 10.3 Å². The number of carbonyl (C=O) groups is 1. The Labute approximate surface area is 232 Å². The number of hydrogen-bond acceptors (Lipinski definition) is 6. The molecule has 2 aliphatic heterocycles. The van der Waals surface area contributed by atoms with E-state index in [0.29, 0.717) is 17.0 Å². The maximum atomic E-state index is 14.3. The second-order valence-electron chi connectivity index (χ2n) is 10.4. The predicted octanol–water partition coefficient (Wildman–Crippen LogP) is 4.91. The molecule has 7 nitrogen and oxygen atoms in total. The number of aromatic nitrogens is 1. The van der Waals surface area contributed by atoms with Gasteiger partial charge in [-0.3, -0.25) is 14.1 Å². The lowest BCUT2D eigenvalue weighted by Gasteiger charge is -2.41. The van der Waals surface area contributed by atoms with Crippen molar-refractivity contribution < 1.29 is 22.3 Å². The quantitative estimate of drug-likeness (QED) is 0.437. The van der Waals surface area contributed by atoms with E-state index < -0.39 is 15.8 Å². The molecule has 1 unspecified atom stereocenters. The van der Waals surface area contributed by atoms with Crippen LogP contribution in [-0.2, 0) is 22.0 Å². The Bertz CT molecular complexity index is 1520. The van der Waals surface area contributed by atoms with E-state index in [0.717, 1.165) is 42.8 Å². The summed E-state index contributed by atoms with van der Waals surface area (Å²) in [5.41, 5.74) is 1.80. The summed E-state index contributed by atoms with van der Waals surface area (Å²) in [7, 11) is -2.38. The number of nitrogens with one attached hydrogen (secondary N) is 1. The number of carbonyl (C=O) groups excluding carboxylic acids is 1. The SMILES string of the molecule is COc1cccc(S(=O)(=O)N2c3ccc(C(=O)NCc4ncccc4F)cc3C3(CCSCC3)C2C2CC2)c1. The number of thioether (sulfide) groups is 1. The van der Waals surface area contributed by atoms with Gasteiger partial charge in [0, 0.05) is 23.2 Å². The van der Waals surface area contributed by atoms with Gasteiger partial charge in [0.05, 0.1) is 36.0 Å². The van der Waals surface area contributed by atoms with E-state index in [9.17, 15) is 17.6 Å². The molecule has 3 aliphatic rings. The van der Waals surface area contributed by atoms with Crippen molar-refractivity contribution in [1.29, 1.82) is 0 Å². The summed E-state index contributed by atoms with van der Waals surface area (Å²) in [6.07, 6.45) is 5.15. The predicted molar refractivity (Wildman–Crippen MR) is 149 cm³/mol. The summed E-state index contributed by atoms with van der Waals surface area (Å²) < 4.78 is 49.6. The van der Waals surface area contributed by atoms with Crippen LogP contribution in [0.2, 0.25) is 0 Å². The first kappa shape index (κ1) is 26.1. The first-order valence-electron chi connectivity index (χ1n) is 13.1. The van der Waals surface area contributed by atoms with Gasteiger partial charge in [-0.25, -0.2) is 12.8 Å². The van der Waals surface area contributed by atoms with Crippen LogP contribution in [0.15, 0.2) is 65.7 Å². The number of anilines is 1. The maximum Gasteiger partial charge on any atom is 0.264 e. The molecule has 1 aliphatic carbocycles. The molecule has 1 spiro atoms. The first-order valence-corrected chi connectivity index (χ1v) is 15.7. The van der Waals surface area contributed by atoms with Gasteiger partial charge >= 0.3 is 0 Å². The van der Waals surface area contributed by atoms with Gasteiger partial charge in [-0.2, -0.15) is 11.8 Å². The fourth-order valence-corrected chi connectivity index (χ4v) is 9.18. The Morgan fingerprint density at radius 3 is 2.67 bits per heavy atom. The minimum absolute atomic E-state index is 0.0363. The lowest BCUT2D eigenvalue weighted by atomic mass is 9.70. The Morgan fingerprint density at radius 2 is 1.95 bits per heavy atom. The zero-order valence-corrected chi connectivity index (χ0v) is 23.2. The van der Waals surface area contributed by atoms with Gasteiger partial charge in [-0.15, -0.1) is 0 Å². The Kier molecular flexibility index (Phi) is 6.79. The minimum atomic E-state index is -3.90. The van der Waals surface area contributed by atoms with Gasteiger partial charge in [-0.1, -0.05) is 6.07 Å². The van der Waals surface area contributed by atoms with Crippen molar-refractivity contribution in [3.8, 4) is 5.75 Å². The molecule has 10 heteroatoms. The van der Waals surface area contributed by atoms with Crippen molar-refractivity contribution in [3.63, 3.8) is 0 Å². The van der Waals surface area contributed by atoms with E-state index in [1.807, 2.05) is 17.8 Å². The average Bonchev–Trinajstić information content (AvgIpc) is 3.76. The number of hydrogen-bond donors (Lipinski definition) is 1. The normalized spacial score (nSPS) is 20.1. The molecule has 1 atom stereocenters. The highest BCUT2D eigenvalue weighted by molar-refractivity contribution is 7.99. The smallest absolute Gasteiger partial charge is 0.264 e. The van der Waals surface area contributed by atoms with Gasteiger partial charge in [-0.05, 0) is 91.1 Å².